The zero-order valence-electron chi connectivity index (χ0n) is 16.3. The van der Waals surface area contributed by atoms with Crippen molar-refractivity contribution in [2.45, 2.75) is 26.3 Å². The molecular weight excluding hydrogens is 453 g/mol. The van der Waals surface area contributed by atoms with E-state index in [4.69, 9.17) is 9.47 Å². The third-order valence-electron chi connectivity index (χ3n) is 3.99. The van der Waals surface area contributed by atoms with Gasteiger partial charge in [0.15, 0.2) is 17.5 Å². The molecule has 2 aromatic rings. The summed E-state index contributed by atoms with van der Waals surface area (Å²) in [4.78, 5) is 4.28. The summed E-state index contributed by atoms with van der Waals surface area (Å²) in [7, 11) is 3.44. The molecule has 148 valence electrons. The monoisotopic (exact) mass is 483 g/mol. The number of aryl methyl sites for hydroxylation is 1. The van der Waals surface area contributed by atoms with Crippen molar-refractivity contribution < 1.29 is 9.47 Å². The zero-order valence-corrected chi connectivity index (χ0v) is 18.7. The van der Waals surface area contributed by atoms with Crippen molar-refractivity contribution in [2.24, 2.45) is 4.99 Å². The lowest BCUT2D eigenvalue weighted by Crippen LogP contribution is -2.37. The Morgan fingerprint density at radius 1 is 1.00 bits per heavy atom. The molecule has 0 aliphatic carbocycles. The van der Waals surface area contributed by atoms with Crippen LogP contribution >= 0.6 is 24.0 Å². The number of benzene rings is 2. The van der Waals surface area contributed by atoms with Crippen LogP contribution < -0.4 is 20.1 Å². The minimum absolute atomic E-state index is 0. The van der Waals surface area contributed by atoms with E-state index in [0.717, 1.165) is 42.4 Å². The third kappa shape index (κ3) is 8.07. The largest absolute Gasteiger partial charge is 0.493 e. The van der Waals surface area contributed by atoms with Gasteiger partial charge in [-0.25, -0.2) is 0 Å². The maximum atomic E-state index is 5.55. The number of ether oxygens (including phenoxy) is 2. The molecule has 27 heavy (non-hydrogen) atoms. The Balaban J connectivity index is 0.00000364. The van der Waals surface area contributed by atoms with Crippen LogP contribution in [-0.4, -0.2) is 33.3 Å². The summed E-state index contributed by atoms with van der Waals surface area (Å²) in [5.41, 5.74) is 2.47. The van der Waals surface area contributed by atoms with E-state index < -0.39 is 0 Å². The Labute approximate surface area is 179 Å². The van der Waals surface area contributed by atoms with Gasteiger partial charge in [-0.3, -0.25) is 4.99 Å². The first-order chi connectivity index (χ1) is 12.8. The third-order valence-corrected chi connectivity index (χ3v) is 3.99. The second-order valence-corrected chi connectivity index (χ2v) is 5.86. The van der Waals surface area contributed by atoms with E-state index in [1.807, 2.05) is 31.2 Å². The van der Waals surface area contributed by atoms with Crippen molar-refractivity contribution in [3.63, 3.8) is 0 Å². The van der Waals surface area contributed by atoms with Gasteiger partial charge in [-0.05, 0) is 43.0 Å². The topological polar surface area (TPSA) is 54.9 Å². The normalized spacial score (nSPS) is 10.7. The van der Waals surface area contributed by atoms with Gasteiger partial charge >= 0.3 is 0 Å². The molecule has 0 bridgehead atoms. The van der Waals surface area contributed by atoms with Crippen molar-refractivity contribution in [3.05, 3.63) is 59.7 Å². The van der Waals surface area contributed by atoms with Crippen molar-refractivity contribution in [2.75, 3.05) is 27.3 Å². The van der Waals surface area contributed by atoms with Crippen molar-refractivity contribution in [1.29, 1.82) is 0 Å². The van der Waals surface area contributed by atoms with Crippen LogP contribution in [0.25, 0.3) is 0 Å². The molecule has 0 spiro atoms. The number of guanidine groups is 1. The van der Waals surface area contributed by atoms with E-state index in [2.05, 4.69) is 39.9 Å². The fourth-order valence-electron chi connectivity index (χ4n) is 2.65. The average Bonchev–Trinajstić information content (AvgIpc) is 2.69. The highest BCUT2D eigenvalue weighted by Gasteiger charge is 2.06. The molecule has 0 fully saturated rings. The highest BCUT2D eigenvalue weighted by Crippen LogP contribution is 2.27. The van der Waals surface area contributed by atoms with Gasteiger partial charge in [0.2, 0.25) is 0 Å². The highest BCUT2D eigenvalue weighted by atomic mass is 127. The van der Waals surface area contributed by atoms with Crippen LogP contribution in [0.2, 0.25) is 0 Å². The fourth-order valence-corrected chi connectivity index (χ4v) is 2.65. The first kappa shape index (κ1) is 23.1. The molecule has 0 saturated carbocycles. The Morgan fingerprint density at radius 2 is 1.78 bits per heavy atom. The van der Waals surface area contributed by atoms with E-state index in [0.29, 0.717) is 13.2 Å². The number of aliphatic imine (C=N–C) groups is 1. The number of methoxy groups -OCH3 is 1. The van der Waals surface area contributed by atoms with Crippen LogP contribution in [0.4, 0.5) is 0 Å². The molecule has 0 saturated heterocycles. The number of halogens is 1. The predicted molar refractivity (Wildman–Crippen MR) is 123 cm³/mol. The molecule has 5 nitrogen and oxygen atoms in total. The van der Waals surface area contributed by atoms with Gasteiger partial charge in [0.05, 0.1) is 13.7 Å². The maximum Gasteiger partial charge on any atom is 0.191 e. The van der Waals surface area contributed by atoms with Crippen LogP contribution in [0.5, 0.6) is 11.5 Å². The number of hydrogen-bond acceptors (Lipinski definition) is 3. The summed E-state index contributed by atoms with van der Waals surface area (Å²) < 4.78 is 10.9. The fraction of sp³-hybridized carbons (Fsp3) is 0.381. The molecule has 0 aliphatic heterocycles. The summed E-state index contributed by atoms with van der Waals surface area (Å²) in [5.74, 6) is 2.31. The molecule has 2 rings (SSSR count). The molecule has 0 unspecified atom stereocenters. The molecule has 6 heteroatoms. The van der Waals surface area contributed by atoms with Crippen molar-refractivity contribution >= 4 is 29.9 Å². The van der Waals surface area contributed by atoms with E-state index in [-0.39, 0.29) is 24.0 Å². The summed E-state index contributed by atoms with van der Waals surface area (Å²) in [6, 6.07) is 16.5. The Bertz CT molecular complexity index is 693. The Kier molecular flexibility index (Phi) is 11.3. The lowest BCUT2D eigenvalue weighted by atomic mass is 10.1. The molecule has 2 aromatic carbocycles. The summed E-state index contributed by atoms with van der Waals surface area (Å²) in [6.07, 6.45) is 2.11. The van der Waals surface area contributed by atoms with Crippen LogP contribution in [0.1, 0.15) is 24.5 Å². The van der Waals surface area contributed by atoms with Crippen molar-refractivity contribution in [1.82, 2.24) is 10.6 Å². The minimum atomic E-state index is 0. The lowest BCUT2D eigenvalue weighted by Gasteiger charge is -2.14. The Morgan fingerprint density at radius 3 is 2.44 bits per heavy atom. The van der Waals surface area contributed by atoms with E-state index >= 15 is 0 Å². The minimum Gasteiger partial charge on any atom is -0.493 e. The van der Waals surface area contributed by atoms with Crippen molar-refractivity contribution in [3.8, 4) is 11.5 Å². The number of rotatable bonds is 9. The van der Waals surface area contributed by atoms with Gasteiger partial charge in [0.25, 0.3) is 0 Å². The lowest BCUT2D eigenvalue weighted by molar-refractivity contribution is 0.310. The second-order valence-electron chi connectivity index (χ2n) is 5.86. The van der Waals surface area contributed by atoms with Gasteiger partial charge < -0.3 is 20.1 Å². The van der Waals surface area contributed by atoms with Gasteiger partial charge in [0.1, 0.15) is 0 Å². The molecular formula is C21H30IN3O2. The highest BCUT2D eigenvalue weighted by molar-refractivity contribution is 14.0. The van der Waals surface area contributed by atoms with E-state index in [9.17, 15) is 0 Å². The van der Waals surface area contributed by atoms with Crippen LogP contribution in [0.3, 0.4) is 0 Å². The Hall–Kier alpha value is -1.96. The van der Waals surface area contributed by atoms with E-state index in [1.54, 1.807) is 14.2 Å². The molecule has 0 atom stereocenters. The number of nitrogens with zero attached hydrogens (tertiary/aromatic N) is 1. The second kappa shape index (κ2) is 13.2. The van der Waals surface area contributed by atoms with Gasteiger partial charge in [-0.1, -0.05) is 36.4 Å². The maximum absolute atomic E-state index is 5.55. The van der Waals surface area contributed by atoms with Crippen LogP contribution in [0, 0.1) is 0 Å². The molecule has 0 aromatic heterocycles. The quantitative estimate of drug-likeness (QED) is 0.245. The smallest absolute Gasteiger partial charge is 0.191 e. The molecule has 0 radical (unpaired) electrons. The molecule has 2 N–H and O–H groups in total. The van der Waals surface area contributed by atoms with Gasteiger partial charge in [0, 0.05) is 20.1 Å². The van der Waals surface area contributed by atoms with Crippen LogP contribution in [-0.2, 0) is 13.0 Å². The SMILES string of the molecule is CCOc1ccc(CNC(=NC)NCCCc2ccccc2)cc1OC.I. The first-order valence-corrected chi connectivity index (χ1v) is 9.05. The summed E-state index contributed by atoms with van der Waals surface area (Å²) in [5, 5.41) is 6.68. The predicted octanol–water partition coefficient (Wildman–Crippen LogP) is 4.01. The van der Waals surface area contributed by atoms with E-state index in [1.165, 1.54) is 5.56 Å². The standard InChI is InChI=1S/C21H29N3O2.HI/c1-4-26-19-13-12-18(15-20(19)25-3)16-24-21(22-2)23-14-8-11-17-9-6-5-7-10-17;/h5-7,9-10,12-13,15H,4,8,11,14,16H2,1-3H3,(H2,22,23,24);1H. The molecule has 0 amide bonds. The van der Waals surface area contributed by atoms with Crippen LogP contribution in [0.15, 0.2) is 53.5 Å². The summed E-state index contributed by atoms with van der Waals surface area (Å²) in [6.45, 7) is 4.12. The molecule has 0 heterocycles. The zero-order chi connectivity index (χ0) is 18.6. The number of hydrogen-bond donors (Lipinski definition) is 2. The molecule has 0 aliphatic rings. The summed E-state index contributed by atoms with van der Waals surface area (Å²) >= 11 is 0. The number of nitrogens with one attached hydrogen (secondary N) is 2. The van der Waals surface area contributed by atoms with Gasteiger partial charge in [-0.15, -0.1) is 24.0 Å². The van der Waals surface area contributed by atoms with Gasteiger partial charge in [-0.2, -0.15) is 0 Å². The average molecular weight is 483 g/mol. The first-order valence-electron chi connectivity index (χ1n) is 9.05.